The lowest BCUT2D eigenvalue weighted by atomic mass is 10.3. The van der Waals surface area contributed by atoms with Gasteiger partial charge in [0.05, 0.1) is 19.7 Å². The van der Waals surface area contributed by atoms with E-state index in [1.807, 2.05) is 0 Å². The van der Waals surface area contributed by atoms with E-state index in [9.17, 15) is 4.79 Å². The van der Waals surface area contributed by atoms with E-state index < -0.39 is 0 Å². The Bertz CT molecular complexity index is 150. The highest BCUT2D eigenvalue weighted by atomic mass is 16.5. The highest BCUT2D eigenvalue weighted by Crippen LogP contribution is 1.91. The summed E-state index contributed by atoms with van der Waals surface area (Å²) < 4.78 is 4.95. The molecule has 1 saturated heterocycles. The second-order valence-electron chi connectivity index (χ2n) is 2.98. The first-order chi connectivity index (χ1) is 5.83. The van der Waals surface area contributed by atoms with Crippen LogP contribution in [0.15, 0.2) is 0 Å². The maximum absolute atomic E-state index is 11.1. The zero-order valence-corrected chi connectivity index (χ0v) is 7.51. The van der Waals surface area contributed by atoms with Crippen LogP contribution in [0.1, 0.15) is 0 Å². The molecular weight excluding hydrogens is 156 g/mol. The minimum absolute atomic E-state index is 0.267. The fraction of sp³-hybridized carbons (Fsp3) is 0.875. The summed E-state index contributed by atoms with van der Waals surface area (Å²) in [6, 6.07) is 0. The van der Waals surface area contributed by atoms with Crippen LogP contribution in [0.5, 0.6) is 0 Å². The molecule has 1 heterocycles. The van der Waals surface area contributed by atoms with Crippen molar-refractivity contribution in [3.8, 4) is 0 Å². The predicted octanol–water partition coefficient (Wildman–Crippen LogP) is -0.893. The summed E-state index contributed by atoms with van der Waals surface area (Å²) in [5.41, 5.74) is 0. The standard InChI is InChI=1S/C8H16N2O2/c1-12-5-4-10-3-2-9-6-8(11)7-10/h9H,2-7H2,1H3. The molecule has 0 saturated carbocycles. The number of methoxy groups -OCH3 is 1. The molecule has 0 unspecified atom stereocenters. The van der Waals surface area contributed by atoms with E-state index in [2.05, 4.69) is 10.2 Å². The third-order valence-electron chi connectivity index (χ3n) is 1.94. The second-order valence-corrected chi connectivity index (χ2v) is 2.98. The van der Waals surface area contributed by atoms with E-state index in [0.717, 1.165) is 19.6 Å². The minimum atomic E-state index is 0.267. The lowest BCUT2D eigenvalue weighted by Crippen LogP contribution is -2.33. The lowest BCUT2D eigenvalue weighted by Gasteiger charge is -2.17. The van der Waals surface area contributed by atoms with Crippen LogP contribution in [-0.2, 0) is 9.53 Å². The van der Waals surface area contributed by atoms with E-state index in [0.29, 0.717) is 19.7 Å². The van der Waals surface area contributed by atoms with Gasteiger partial charge in [0, 0.05) is 26.7 Å². The van der Waals surface area contributed by atoms with Crippen molar-refractivity contribution in [1.29, 1.82) is 0 Å². The monoisotopic (exact) mass is 172 g/mol. The number of rotatable bonds is 3. The van der Waals surface area contributed by atoms with E-state index in [1.165, 1.54) is 0 Å². The molecule has 4 heteroatoms. The van der Waals surface area contributed by atoms with Crippen LogP contribution < -0.4 is 5.32 Å². The number of ether oxygens (including phenoxy) is 1. The number of ketones is 1. The summed E-state index contributed by atoms with van der Waals surface area (Å²) in [6.07, 6.45) is 0. The summed E-state index contributed by atoms with van der Waals surface area (Å²) in [7, 11) is 1.68. The topological polar surface area (TPSA) is 41.6 Å². The molecule has 1 aliphatic heterocycles. The van der Waals surface area contributed by atoms with Gasteiger partial charge in [-0.1, -0.05) is 0 Å². The molecule has 0 aliphatic carbocycles. The zero-order valence-electron chi connectivity index (χ0n) is 7.51. The van der Waals surface area contributed by atoms with Crippen LogP contribution in [0, 0.1) is 0 Å². The number of carbonyl (C=O) groups is 1. The summed E-state index contributed by atoms with van der Waals surface area (Å²) in [5, 5.41) is 3.07. The smallest absolute Gasteiger partial charge is 0.160 e. The Hall–Kier alpha value is -0.450. The van der Waals surface area contributed by atoms with Crippen molar-refractivity contribution in [3.63, 3.8) is 0 Å². The first-order valence-electron chi connectivity index (χ1n) is 4.26. The van der Waals surface area contributed by atoms with Gasteiger partial charge in [-0.15, -0.1) is 0 Å². The Morgan fingerprint density at radius 3 is 3.25 bits per heavy atom. The Balaban J connectivity index is 2.26. The molecule has 0 aromatic heterocycles. The highest BCUT2D eigenvalue weighted by molar-refractivity contribution is 5.82. The second kappa shape index (κ2) is 5.24. The average Bonchev–Trinajstić information content (AvgIpc) is 2.26. The fourth-order valence-corrected chi connectivity index (χ4v) is 1.26. The number of nitrogens with zero attached hydrogens (tertiary/aromatic N) is 1. The van der Waals surface area contributed by atoms with Gasteiger partial charge < -0.3 is 10.1 Å². The first kappa shape index (κ1) is 9.64. The van der Waals surface area contributed by atoms with Crippen LogP contribution >= 0.6 is 0 Å². The maximum atomic E-state index is 11.1. The number of carbonyl (C=O) groups excluding carboxylic acids is 1. The molecule has 1 fully saturated rings. The van der Waals surface area contributed by atoms with Crippen molar-refractivity contribution in [3.05, 3.63) is 0 Å². The Morgan fingerprint density at radius 2 is 2.50 bits per heavy atom. The summed E-state index contributed by atoms with van der Waals surface area (Å²) in [5.74, 6) is 0.267. The van der Waals surface area contributed by atoms with Crippen LogP contribution in [0.3, 0.4) is 0 Å². The quantitative estimate of drug-likeness (QED) is 0.599. The van der Waals surface area contributed by atoms with Crippen molar-refractivity contribution >= 4 is 5.78 Å². The molecule has 1 aliphatic rings. The molecule has 0 bridgehead atoms. The fourth-order valence-electron chi connectivity index (χ4n) is 1.26. The molecule has 1 N–H and O–H groups in total. The van der Waals surface area contributed by atoms with Gasteiger partial charge in [-0.25, -0.2) is 0 Å². The van der Waals surface area contributed by atoms with Gasteiger partial charge in [0.2, 0.25) is 0 Å². The number of hydrogen-bond donors (Lipinski definition) is 1. The van der Waals surface area contributed by atoms with Gasteiger partial charge in [-0.3, -0.25) is 9.69 Å². The third kappa shape index (κ3) is 3.30. The van der Waals surface area contributed by atoms with Crippen molar-refractivity contribution in [2.24, 2.45) is 0 Å². The molecule has 0 atom stereocenters. The van der Waals surface area contributed by atoms with E-state index in [-0.39, 0.29) is 5.78 Å². The molecule has 0 amide bonds. The van der Waals surface area contributed by atoms with Crippen LogP contribution in [-0.4, -0.2) is 57.1 Å². The Kier molecular flexibility index (Phi) is 4.21. The molecule has 0 spiro atoms. The van der Waals surface area contributed by atoms with Crippen molar-refractivity contribution in [2.75, 3.05) is 46.4 Å². The molecule has 12 heavy (non-hydrogen) atoms. The van der Waals surface area contributed by atoms with Crippen molar-refractivity contribution in [1.82, 2.24) is 10.2 Å². The van der Waals surface area contributed by atoms with Gasteiger partial charge >= 0.3 is 0 Å². The van der Waals surface area contributed by atoms with Gasteiger partial charge in [-0.2, -0.15) is 0 Å². The van der Waals surface area contributed by atoms with Gasteiger partial charge in [0.1, 0.15) is 0 Å². The number of nitrogens with one attached hydrogen (secondary N) is 1. The van der Waals surface area contributed by atoms with Gasteiger partial charge in [0.15, 0.2) is 5.78 Å². The van der Waals surface area contributed by atoms with E-state index in [4.69, 9.17) is 4.74 Å². The number of Topliss-reactive ketones (excluding diaryl/α,β-unsaturated/α-hetero) is 1. The van der Waals surface area contributed by atoms with E-state index >= 15 is 0 Å². The molecule has 70 valence electrons. The molecule has 0 aromatic rings. The molecule has 0 aromatic carbocycles. The van der Waals surface area contributed by atoms with E-state index in [1.54, 1.807) is 7.11 Å². The van der Waals surface area contributed by atoms with Gasteiger partial charge in [0.25, 0.3) is 0 Å². The van der Waals surface area contributed by atoms with Crippen LogP contribution in [0.4, 0.5) is 0 Å². The third-order valence-corrected chi connectivity index (χ3v) is 1.94. The molecular formula is C8H16N2O2. The molecule has 4 nitrogen and oxygen atoms in total. The predicted molar refractivity (Wildman–Crippen MR) is 46.2 cm³/mol. The Labute approximate surface area is 72.9 Å². The largest absolute Gasteiger partial charge is 0.383 e. The Morgan fingerprint density at radius 1 is 1.67 bits per heavy atom. The van der Waals surface area contributed by atoms with Crippen molar-refractivity contribution in [2.45, 2.75) is 0 Å². The minimum Gasteiger partial charge on any atom is -0.383 e. The normalized spacial score (nSPS) is 20.9. The van der Waals surface area contributed by atoms with Crippen molar-refractivity contribution < 1.29 is 9.53 Å². The molecule has 1 rings (SSSR count). The number of hydrogen-bond acceptors (Lipinski definition) is 4. The first-order valence-corrected chi connectivity index (χ1v) is 4.26. The summed E-state index contributed by atoms with van der Waals surface area (Å²) in [4.78, 5) is 13.2. The summed E-state index contributed by atoms with van der Waals surface area (Å²) >= 11 is 0. The van der Waals surface area contributed by atoms with Crippen LogP contribution in [0.2, 0.25) is 0 Å². The SMILES string of the molecule is COCCN1CCNCC(=O)C1. The van der Waals surface area contributed by atoms with Crippen LogP contribution in [0.25, 0.3) is 0 Å². The molecule has 0 radical (unpaired) electrons. The average molecular weight is 172 g/mol. The lowest BCUT2D eigenvalue weighted by molar-refractivity contribution is -0.118. The highest BCUT2D eigenvalue weighted by Gasteiger charge is 2.13. The zero-order chi connectivity index (χ0) is 8.81. The maximum Gasteiger partial charge on any atom is 0.160 e. The van der Waals surface area contributed by atoms with Gasteiger partial charge in [-0.05, 0) is 0 Å². The summed E-state index contributed by atoms with van der Waals surface area (Å²) in [6.45, 7) is 4.47.